The molecule has 2 heterocycles. The summed E-state index contributed by atoms with van der Waals surface area (Å²) >= 11 is 0. The maximum Gasteiger partial charge on any atom is 0.260 e. The van der Waals surface area contributed by atoms with Gasteiger partial charge in [-0.2, -0.15) is 0 Å². The molecule has 3 aromatic rings. The van der Waals surface area contributed by atoms with Crippen molar-refractivity contribution in [1.82, 2.24) is 10.6 Å². The van der Waals surface area contributed by atoms with Crippen molar-refractivity contribution in [1.29, 1.82) is 0 Å². The van der Waals surface area contributed by atoms with E-state index < -0.39 is 17.6 Å². The predicted octanol–water partition coefficient (Wildman–Crippen LogP) is 4.49. The third-order valence-electron chi connectivity index (χ3n) is 5.43. The number of carbonyl (C=O) groups excluding carboxylic acids is 2. The third-order valence-corrected chi connectivity index (χ3v) is 5.43. The summed E-state index contributed by atoms with van der Waals surface area (Å²) in [5, 5.41) is 15.6. The van der Waals surface area contributed by atoms with Gasteiger partial charge in [0.05, 0.1) is 18.1 Å². The van der Waals surface area contributed by atoms with E-state index in [4.69, 9.17) is 4.42 Å². The number of halogens is 1. The van der Waals surface area contributed by atoms with Gasteiger partial charge in [0, 0.05) is 40.6 Å². The summed E-state index contributed by atoms with van der Waals surface area (Å²) in [7, 11) is 0. The van der Waals surface area contributed by atoms with Crippen molar-refractivity contribution in [2.24, 2.45) is 0 Å². The number of rotatable bonds is 4. The molecule has 0 aliphatic carbocycles. The zero-order valence-corrected chi connectivity index (χ0v) is 18.0. The van der Waals surface area contributed by atoms with Gasteiger partial charge in [-0.05, 0) is 41.3 Å². The number of phenols is 1. The number of aromatic hydroxyl groups is 1. The number of nitrogens with one attached hydrogen (secondary N) is 2. The second-order valence-corrected chi connectivity index (χ2v) is 8.71. The average Bonchev–Trinajstić information content (AvgIpc) is 3.26. The molecule has 0 spiro atoms. The van der Waals surface area contributed by atoms with E-state index in [-0.39, 0.29) is 28.8 Å². The fourth-order valence-corrected chi connectivity index (χ4v) is 3.59. The lowest BCUT2D eigenvalue weighted by Crippen LogP contribution is -2.37. The molecule has 0 fully saturated rings. The minimum absolute atomic E-state index is 0.0318. The Morgan fingerprint density at radius 2 is 1.84 bits per heavy atom. The van der Waals surface area contributed by atoms with Crippen LogP contribution < -0.4 is 10.6 Å². The van der Waals surface area contributed by atoms with Crippen LogP contribution in [0.2, 0.25) is 0 Å². The quantitative estimate of drug-likeness (QED) is 0.416. The van der Waals surface area contributed by atoms with Crippen LogP contribution in [-0.2, 0) is 16.8 Å². The fourth-order valence-electron chi connectivity index (χ4n) is 3.59. The van der Waals surface area contributed by atoms with Crippen LogP contribution in [0.25, 0.3) is 16.7 Å². The van der Waals surface area contributed by atoms with Gasteiger partial charge in [0.2, 0.25) is 0 Å². The highest BCUT2D eigenvalue weighted by Crippen LogP contribution is 2.32. The molecule has 0 bridgehead atoms. The molecule has 3 N–H and O–H groups in total. The Labute approximate surface area is 184 Å². The molecule has 0 saturated carbocycles. The third kappa shape index (κ3) is 4.01. The molecule has 164 valence electrons. The Kier molecular flexibility index (Phi) is 5.34. The van der Waals surface area contributed by atoms with E-state index in [1.54, 1.807) is 12.1 Å². The largest absolute Gasteiger partial charge is 0.507 e. The van der Waals surface area contributed by atoms with Gasteiger partial charge >= 0.3 is 0 Å². The number of hydrogen-bond donors (Lipinski definition) is 3. The van der Waals surface area contributed by atoms with Gasteiger partial charge in [0.1, 0.15) is 11.6 Å². The smallest absolute Gasteiger partial charge is 0.260 e. The number of imide groups is 1. The van der Waals surface area contributed by atoms with Crippen LogP contribution in [0.15, 0.2) is 59.5 Å². The van der Waals surface area contributed by atoms with Crippen molar-refractivity contribution in [3.63, 3.8) is 0 Å². The summed E-state index contributed by atoms with van der Waals surface area (Å²) in [6.07, 6.45) is 4.33. The first kappa shape index (κ1) is 21.4. The van der Waals surface area contributed by atoms with Crippen LogP contribution in [-0.4, -0.2) is 16.9 Å². The average molecular weight is 434 g/mol. The lowest BCUT2D eigenvalue weighted by Gasteiger charge is -2.24. The summed E-state index contributed by atoms with van der Waals surface area (Å²) in [6, 6.07) is 9.62. The van der Waals surface area contributed by atoms with Gasteiger partial charge < -0.3 is 14.8 Å². The van der Waals surface area contributed by atoms with Crippen molar-refractivity contribution in [3.05, 3.63) is 83.2 Å². The van der Waals surface area contributed by atoms with Gasteiger partial charge in [0.15, 0.2) is 0 Å². The molecule has 0 atom stereocenters. The van der Waals surface area contributed by atoms with Crippen LogP contribution in [0.4, 0.5) is 4.39 Å². The highest BCUT2D eigenvalue weighted by atomic mass is 19.1. The molecule has 2 amide bonds. The molecule has 1 aliphatic rings. The van der Waals surface area contributed by atoms with Gasteiger partial charge in [-0.25, -0.2) is 4.39 Å². The Morgan fingerprint density at radius 1 is 1.06 bits per heavy atom. The summed E-state index contributed by atoms with van der Waals surface area (Å²) in [4.78, 5) is 24.8. The van der Waals surface area contributed by atoms with Crippen LogP contribution in [0.1, 0.15) is 47.8 Å². The highest BCUT2D eigenvalue weighted by molar-refractivity contribution is 6.31. The summed E-state index contributed by atoms with van der Waals surface area (Å²) in [5.74, 6) is -1.57. The van der Waals surface area contributed by atoms with Crippen molar-refractivity contribution in [2.45, 2.75) is 32.7 Å². The molecule has 1 aromatic heterocycles. The first-order valence-corrected chi connectivity index (χ1v) is 10.1. The lowest BCUT2D eigenvalue weighted by atomic mass is 9.83. The molecule has 7 heteroatoms. The van der Waals surface area contributed by atoms with Crippen LogP contribution in [0.3, 0.4) is 0 Å². The molecular formula is C25H23FN2O4. The van der Waals surface area contributed by atoms with Gasteiger partial charge in [-0.3, -0.25) is 14.9 Å². The fraction of sp³-hybridized carbons (Fsp3) is 0.200. The molecule has 0 unspecified atom stereocenters. The van der Waals surface area contributed by atoms with Gasteiger partial charge in [-0.1, -0.05) is 26.8 Å². The van der Waals surface area contributed by atoms with E-state index in [2.05, 4.69) is 10.6 Å². The maximum atomic E-state index is 14.6. The molecule has 0 radical (unpaired) electrons. The second kappa shape index (κ2) is 8.00. The second-order valence-electron chi connectivity index (χ2n) is 8.71. The Balaban J connectivity index is 1.62. The number of phenolic OH excluding ortho intramolecular Hbond substituents is 1. The minimum Gasteiger partial charge on any atom is -0.507 e. The van der Waals surface area contributed by atoms with Gasteiger partial charge in [0.25, 0.3) is 11.8 Å². The number of furan rings is 1. The predicted molar refractivity (Wildman–Crippen MR) is 118 cm³/mol. The van der Waals surface area contributed by atoms with Crippen molar-refractivity contribution in [3.8, 4) is 16.9 Å². The standard InChI is InChI=1S/C25H23FN2O4/c1-25(2,3)16-4-5-17-19(9-16)20(24(31)28-23(17)30)12-27-11-15-8-22(29)18(10-21(15)26)14-6-7-32-13-14/h4-10,12-13,27,29H,11H2,1-3H3,(H,28,30,31). The molecule has 1 aliphatic heterocycles. The molecule has 2 aromatic carbocycles. The summed E-state index contributed by atoms with van der Waals surface area (Å²) in [5.41, 5.74) is 3.15. The van der Waals surface area contributed by atoms with Crippen molar-refractivity contribution in [2.75, 3.05) is 0 Å². The number of benzene rings is 2. The number of fused-ring (bicyclic) bond motifs is 1. The van der Waals surface area contributed by atoms with E-state index in [9.17, 15) is 19.1 Å². The normalized spacial score (nSPS) is 14.9. The number of carbonyl (C=O) groups is 2. The Morgan fingerprint density at radius 3 is 2.53 bits per heavy atom. The van der Waals surface area contributed by atoms with E-state index in [1.807, 2.05) is 32.9 Å². The first-order chi connectivity index (χ1) is 15.1. The number of hydrogen-bond acceptors (Lipinski definition) is 5. The SMILES string of the molecule is CC(C)(C)c1ccc2c(c1)C(=CNCc1cc(O)c(-c3ccoc3)cc1F)C(=O)NC2=O. The van der Waals surface area contributed by atoms with E-state index in [0.29, 0.717) is 22.3 Å². The summed E-state index contributed by atoms with van der Waals surface area (Å²) in [6.45, 7) is 6.17. The highest BCUT2D eigenvalue weighted by Gasteiger charge is 2.28. The van der Waals surface area contributed by atoms with E-state index in [0.717, 1.165) is 5.56 Å². The zero-order valence-electron chi connectivity index (χ0n) is 18.0. The van der Waals surface area contributed by atoms with Gasteiger partial charge in [-0.15, -0.1) is 0 Å². The zero-order chi connectivity index (χ0) is 23.0. The topological polar surface area (TPSA) is 91.6 Å². The van der Waals surface area contributed by atoms with Crippen LogP contribution in [0.5, 0.6) is 5.75 Å². The van der Waals surface area contributed by atoms with E-state index in [1.165, 1.54) is 30.9 Å². The molecule has 6 nitrogen and oxygen atoms in total. The monoisotopic (exact) mass is 434 g/mol. The minimum atomic E-state index is -0.528. The van der Waals surface area contributed by atoms with Crippen molar-refractivity contribution < 1.29 is 23.5 Å². The number of amides is 2. The molecule has 4 rings (SSSR count). The van der Waals surface area contributed by atoms with Crippen LogP contribution >= 0.6 is 0 Å². The van der Waals surface area contributed by atoms with E-state index >= 15 is 0 Å². The van der Waals surface area contributed by atoms with Crippen LogP contribution in [0, 0.1) is 5.82 Å². The molecular weight excluding hydrogens is 411 g/mol. The Hall–Kier alpha value is -3.87. The van der Waals surface area contributed by atoms with Crippen molar-refractivity contribution >= 4 is 17.4 Å². The first-order valence-electron chi connectivity index (χ1n) is 10.1. The summed E-state index contributed by atoms with van der Waals surface area (Å²) < 4.78 is 19.6. The Bertz CT molecular complexity index is 1240. The lowest BCUT2D eigenvalue weighted by molar-refractivity contribution is -0.114. The maximum absolute atomic E-state index is 14.6. The molecule has 0 saturated heterocycles. The molecule has 32 heavy (non-hydrogen) atoms.